The van der Waals surface area contributed by atoms with E-state index in [1.807, 2.05) is 19.1 Å². The van der Waals surface area contributed by atoms with Crippen LogP contribution in [0, 0.1) is 12.8 Å². The minimum absolute atomic E-state index is 0.385. The highest BCUT2D eigenvalue weighted by atomic mass is 79.9. The highest BCUT2D eigenvalue weighted by Crippen LogP contribution is 2.34. The Balaban J connectivity index is 3.05. The lowest BCUT2D eigenvalue weighted by molar-refractivity contribution is 0.446. The molecule has 14 heavy (non-hydrogen) atoms. The average molecular weight is 257 g/mol. The first kappa shape index (κ1) is 11.6. The summed E-state index contributed by atoms with van der Waals surface area (Å²) in [6.45, 7) is 6.39. The van der Waals surface area contributed by atoms with Gasteiger partial charge in [-0.1, -0.05) is 41.9 Å². The second-order valence-corrected chi connectivity index (χ2v) is 4.58. The van der Waals surface area contributed by atoms with E-state index in [1.54, 1.807) is 6.07 Å². The molecule has 0 aromatic heterocycles. The second-order valence-electron chi connectivity index (χ2n) is 3.93. The lowest BCUT2D eigenvalue weighted by Crippen LogP contribution is -2.09. The van der Waals surface area contributed by atoms with E-state index >= 15 is 0 Å². The molecule has 0 spiro atoms. The minimum atomic E-state index is 0.385. The van der Waals surface area contributed by atoms with Crippen molar-refractivity contribution in [2.45, 2.75) is 26.7 Å². The van der Waals surface area contributed by atoms with Crippen LogP contribution in [0.25, 0.3) is 0 Å². The molecule has 0 saturated carbocycles. The molecule has 1 nitrogen and oxygen atoms in total. The van der Waals surface area contributed by atoms with Gasteiger partial charge in [0.05, 0.1) is 0 Å². The van der Waals surface area contributed by atoms with E-state index in [-0.39, 0.29) is 0 Å². The first-order chi connectivity index (χ1) is 6.57. The summed E-state index contributed by atoms with van der Waals surface area (Å²) in [5.41, 5.74) is 2.25. The fourth-order valence-electron chi connectivity index (χ4n) is 1.68. The largest absolute Gasteiger partial charge is 0.508 e. The summed E-state index contributed by atoms with van der Waals surface area (Å²) in [4.78, 5) is 0. The fourth-order valence-corrected chi connectivity index (χ4v) is 2.24. The van der Waals surface area contributed by atoms with E-state index in [2.05, 4.69) is 29.8 Å². The Bertz CT molecular complexity index is 289. The Morgan fingerprint density at radius 1 is 1.36 bits per heavy atom. The van der Waals surface area contributed by atoms with Gasteiger partial charge in [0.25, 0.3) is 0 Å². The quantitative estimate of drug-likeness (QED) is 0.816. The molecule has 1 aromatic rings. The Morgan fingerprint density at radius 3 is 2.50 bits per heavy atom. The average Bonchev–Trinajstić information content (AvgIpc) is 2.16. The van der Waals surface area contributed by atoms with E-state index in [1.165, 1.54) is 5.56 Å². The number of hydrogen-bond donors (Lipinski definition) is 1. The number of phenols is 1. The van der Waals surface area contributed by atoms with Crippen LogP contribution in [0.4, 0.5) is 0 Å². The molecule has 0 bridgehead atoms. The van der Waals surface area contributed by atoms with Crippen LogP contribution < -0.4 is 0 Å². The van der Waals surface area contributed by atoms with E-state index < -0.39 is 0 Å². The molecule has 0 heterocycles. The first-order valence-electron chi connectivity index (χ1n) is 4.92. The van der Waals surface area contributed by atoms with Gasteiger partial charge in [-0.2, -0.15) is 0 Å². The maximum atomic E-state index is 9.79. The molecule has 2 heteroatoms. The smallest absolute Gasteiger partial charge is 0.119 e. The summed E-state index contributed by atoms with van der Waals surface area (Å²) in [6, 6.07) is 5.70. The normalized spacial score (nSPS) is 15.1. The van der Waals surface area contributed by atoms with Crippen LogP contribution in [0.3, 0.4) is 0 Å². The van der Waals surface area contributed by atoms with Gasteiger partial charge in [-0.3, -0.25) is 0 Å². The number of aromatic hydroxyl groups is 1. The van der Waals surface area contributed by atoms with Crippen molar-refractivity contribution in [3.63, 3.8) is 0 Å². The summed E-state index contributed by atoms with van der Waals surface area (Å²) in [5, 5.41) is 10.8. The van der Waals surface area contributed by atoms with Gasteiger partial charge in [0.15, 0.2) is 0 Å². The van der Waals surface area contributed by atoms with Crippen LogP contribution >= 0.6 is 15.9 Å². The third-order valence-electron chi connectivity index (χ3n) is 2.85. The number of benzene rings is 1. The monoisotopic (exact) mass is 256 g/mol. The third-order valence-corrected chi connectivity index (χ3v) is 3.87. The molecule has 0 aliphatic rings. The van der Waals surface area contributed by atoms with E-state index in [0.717, 1.165) is 10.9 Å². The molecule has 0 amide bonds. The Kier molecular flexibility index (Phi) is 3.99. The summed E-state index contributed by atoms with van der Waals surface area (Å²) in [6.07, 6.45) is 0. The van der Waals surface area contributed by atoms with Gasteiger partial charge in [0.1, 0.15) is 5.75 Å². The topological polar surface area (TPSA) is 20.2 Å². The van der Waals surface area contributed by atoms with Gasteiger partial charge in [0, 0.05) is 5.33 Å². The van der Waals surface area contributed by atoms with Crippen molar-refractivity contribution in [3.05, 3.63) is 29.3 Å². The van der Waals surface area contributed by atoms with Crippen molar-refractivity contribution in [2.75, 3.05) is 5.33 Å². The highest BCUT2D eigenvalue weighted by molar-refractivity contribution is 9.09. The molecular formula is C12H17BrO. The molecule has 1 N–H and O–H groups in total. The second kappa shape index (κ2) is 4.83. The molecule has 0 saturated heterocycles. The molecule has 0 radical (unpaired) electrons. The van der Waals surface area contributed by atoms with Crippen LogP contribution in [0.15, 0.2) is 18.2 Å². The lowest BCUT2D eigenvalue weighted by atomic mass is 9.87. The van der Waals surface area contributed by atoms with Crippen molar-refractivity contribution in [1.82, 2.24) is 0 Å². The van der Waals surface area contributed by atoms with E-state index in [4.69, 9.17) is 0 Å². The summed E-state index contributed by atoms with van der Waals surface area (Å²) < 4.78 is 0. The molecule has 0 aliphatic heterocycles. The fraction of sp³-hybridized carbons (Fsp3) is 0.500. The summed E-state index contributed by atoms with van der Waals surface area (Å²) in [5.74, 6) is 1.34. The van der Waals surface area contributed by atoms with Crippen molar-refractivity contribution in [3.8, 4) is 5.75 Å². The number of aryl methyl sites for hydroxylation is 1. The summed E-state index contributed by atoms with van der Waals surface area (Å²) in [7, 11) is 0. The van der Waals surface area contributed by atoms with Crippen LogP contribution in [-0.2, 0) is 0 Å². The number of hydrogen-bond acceptors (Lipinski definition) is 1. The molecular weight excluding hydrogens is 240 g/mol. The van der Waals surface area contributed by atoms with Crippen LogP contribution in [-0.4, -0.2) is 10.4 Å². The highest BCUT2D eigenvalue weighted by Gasteiger charge is 2.18. The van der Waals surface area contributed by atoms with Gasteiger partial charge in [-0.05, 0) is 36.0 Å². The Hall–Kier alpha value is -0.500. The van der Waals surface area contributed by atoms with E-state index in [0.29, 0.717) is 17.6 Å². The molecule has 2 atom stereocenters. The summed E-state index contributed by atoms with van der Waals surface area (Å²) >= 11 is 3.48. The first-order valence-corrected chi connectivity index (χ1v) is 6.04. The maximum Gasteiger partial charge on any atom is 0.119 e. The zero-order valence-electron chi connectivity index (χ0n) is 8.92. The molecule has 78 valence electrons. The number of rotatable bonds is 3. The zero-order valence-corrected chi connectivity index (χ0v) is 10.5. The van der Waals surface area contributed by atoms with Crippen molar-refractivity contribution in [1.29, 1.82) is 0 Å². The van der Waals surface area contributed by atoms with Crippen molar-refractivity contribution in [2.24, 2.45) is 5.92 Å². The lowest BCUT2D eigenvalue weighted by Gasteiger charge is -2.21. The zero-order chi connectivity index (χ0) is 10.7. The number of phenolic OH excluding ortho intramolecular Hbond substituents is 1. The Morgan fingerprint density at radius 2 is 2.00 bits per heavy atom. The van der Waals surface area contributed by atoms with Gasteiger partial charge in [-0.25, -0.2) is 0 Å². The van der Waals surface area contributed by atoms with Crippen LogP contribution in [0.2, 0.25) is 0 Å². The maximum absolute atomic E-state index is 9.79. The predicted octanol–water partition coefficient (Wildman–Crippen LogP) is 3.84. The van der Waals surface area contributed by atoms with E-state index in [9.17, 15) is 5.11 Å². The Labute approximate surface area is 94.3 Å². The number of alkyl halides is 1. The molecule has 0 fully saturated rings. The van der Waals surface area contributed by atoms with Gasteiger partial charge >= 0.3 is 0 Å². The van der Waals surface area contributed by atoms with Crippen LogP contribution in [0.5, 0.6) is 5.75 Å². The van der Waals surface area contributed by atoms with Gasteiger partial charge in [-0.15, -0.1) is 0 Å². The van der Waals surface area contributed by atoms with Gasteiger partial charge < -0.3 is 5.11 Å². The van der Waals surface area contributed by atoms with Gasteiger partial charge in [0.2, 0.25) is 0 Å². The molecule has 2 unspecified atom stereocenters. The predicted molar refractivity (Wildman–Crippen MR) is 64.2 cm³/mol. The van der Waals surface area contributed by atoms with Crippen LogP contribution in [0.1, 0.15) is 30.9 Å². The number of halogens is 1. The molecule has 1 aromatic carbocycles. The standard InChI is InChI=1S/C12H17BrO/c1-8-5-4-6-11(14)12(8)10(3)9(2)7-13/h4-6,9-10,14H,7H2,1-3H3. The van der Waals surface area contributed by atoms with Crippen molar-refractivity contribution >= 4 is 15.9 Å². The minimum Gasteiger partial charge on any atom is -0.508 e. The molecule has 0 aliphatic carbocycles. The SMILES string of the molecule is Cc1cccc(O)c1C(C)C(C)CBr. The third kappa shape index (κ3) is 2.30. The molecule has 1 rings (SSSR count). The van der Waals surface area contributed by atoms with Crippen molar-refractivity contribution < 1.29 is 5.11 Å².